The molecule has 0 fully saturated rings. The van der Waals surface area contributed by atoms with Crippen LogP contribution in [-0.2, 0) is 6.42 Å². The van der Waals surface area contributed by atoms with Gasteiger partial charge >= 0.3 is 0 Å². The first-order valence-corrected chi connectivity index (χ1v) is 7.45. The molecule has 2 nitrogen and oxygen atoms in total. The lowest BCUT2D eigenvalue weighted by Crippen LogP contribution is -2.11. The van der Waals surface area contributed by atoms with Crippen LogP contribution in [0.2, 0.25) is 0 Å². The molecule has 0 saturated carbocycles. The molecule has 1 aliphatic heterocycles. The first kappa shape index (κ1) is 15.1. The molecule has 0 radical (unpaired) electrons. The standard InChI is InChI=1S/C16H21FN2S/c1-9(2)13-5-11(17)6-14(10(3)4)15(13)7-12-8-16(20)19-18-12/h5-6,9-10H,7-8H2,1-4H3,(H,19,20). The minimum atomic E-state index is -0.150. The van der Waals surface area contributed by atoms with Gasteiger partial charge in [0.1, 0.15) is 10.8 Å². The number of hydrogen-bond acceptors (Lipinski definition) is 2. The minimum Gasteiger partial charge on any atom is -0.271 e. The second-order valence-corrected chi connectivity index (χ2v) is 6.43. The Hall–Kier alpha value is -1.29. The summed E-state index contributed by atoms with van der Waals surface area (Å²) in [5, 5.41) is 4.27. The van der Waals surface area contributed by atoms with Crippen molar-refractivity contribution in [3.8, 4) is 0 Å². The molecule has 1 heterocycles. The van der Waals surface area contributed by atoms with Gasteiger partial charge in [-0.25, -0.2) is 4.39 Å². The van der Waals surface area contributed by atoms with Gasteiger partial charge < -0.3 is 0 Å². The third kappa shape index (κ3) is 3.23. The number of thiocarbonyl (C=S) groups is 1. The fourth-order valence-corrected chi connectivity index (χ4v) is 2.84. The number of hydrogen-bond donors (Lipinski definition) is 1. The molecule has 0 aromatic heterocycles. The fourth-order valence-electron chi connectivity index (χ4n) is 2.63. The van der Waals surface area contributed by atoms with E-state index in [1.165, 1.54) is 5.56 Å². The van der Waals surface area contributed by atoms with Crippen LogP contribution < -0.4 is 5.43 Å². The van der Waals surface area contributed by atoms with E-state index in [-0.39, 0.29) is 5.82 Å². The Bertz CT molecular complexity index is 533. The Morgan fingerprint density at radius 2 is 1.75 bits per heavy atom. The Labute approximate surface area is 125 Å². The normalized spacial score (nSPS) is 14.9. The highest BCUT2D eigenvalue weighted by atomic mass is 32.1. The Kier molecular flexibility index (Phi) is 4.53. The lowest BCUT2D eigenvalue weighted by Gasteiger charge is -2.20. The maximum absolute atomic E-state index is 13.8. The van der Waals surface area contributed by atoms with Crippen molar-refractivity contribution in [1.29, 1.82) is 0 Å². The summed E-state index contributed by atoms with van der Waals surface area (Å²) in [6.45, 7) is 8.40. The summed E-state index contributed by atoms with van der Waals surface area (Å²) >= 11 is 5.12. The van der Waals surface area contributed by atoms with Crippen LogP contribution in [0.25, 0.3) is 0 Å². The smallest absolute Gasteiger partial charge is 0.123 e. The van der Waals surface area contributed by atoms with Gasteiger partial charge in [-0.1, -0.05) is 39.9 Å². The van der Waals surface area contributed by atoms with Gasteiger partial charge in [0, 0.05) is 18.6 Å². The van der Waals surface area contributed by atoms with Crippen LogP contribution in [0.3, 0.4) is 0 Å². The second-order valence-electron chi connectivity index (χ2n) is 5.94. The van der Waals surface area contributed by atoms with Crippen molar-refractivity contribution in [3.05, 3.63) is 34.6 Å². The Balaban J connectivity index is 2.45. The van der Waals surface area contributed by atoms with Crippen molar-refractivity contribution in [2.45, 2.75) is 52.4 Å². The van der Waals surface area contributed by atoms with Gasteiger partial charge in [-0.2, -0.15) is 5.10 Å². The van der Waals surface area contributed by atoms with E-state index in [0.29, 0.717) is 18.3 Å². The summed E-state index contributed by atoms with van der Waals surface area (Å²) in [6, 6.07) is 3.32. The molecule has 0 amide bonds. The van der Waals surface area contributed by atoms with Crippen LogP contribution in [0.5, 0.6) is 0 Å². The third-order valence-corrected chi connectivity index (χ3v) is 3.85. The zero-order valence-corrected chi connectivity index (χ0v) is 13.3. The van der Waals surface area contributed by atoms with E-state index in [0.717, 1.165) is 28.2 Å². The summed E-state index contributed by atoms with van der Waals surface area (Å²) in [5.41, 5.74) is 7.24. The van der Waals surface area contributed by atoms with Crippen LogP contribution in [0, 0.1) is 5.82 Å². The van der Waals surface area contributed by atoms with Crippen LogP contribution in [0.4, 0.5) is 4.39 Å². The molecular formula is C16H21FN2S. The largest absolute Gasteiger partial charge is 0.271 e. The topological polar surface area (TPSA) is 24.4 Å². The van der Waals surface area contributed by atoms with Crippen molar-refractivity contribution in [2.75, 3.05) is 0 Å². The number of nitrogens with zero attached hydrogens (tertiary/aromatic N) is 1. The Morgan fingerprint density at radius 1 is 1.20 bits per heavy atom. The van der Waals surface area contributed by atoms with Gasteiger partial charge in [0.25, 0.3) is 0 Å². The molecule has 0 bridgehead atoms. The molecular weight excluding hydrogens is 271 g/mol. The predicted molar refractivity (Wildman–Crippen MR) is 86.1 cm³/mol. The molecule has 108 valence electrons. The van der Waals surface area contributed by atoms with Crippen LogP contribution in [0.15, 0.2) is 17.2 Å². The second kappa shape index (κ2) is 6.00. The summed E-state index contributed by atoms with van der Waals surface area (Å²) in [5.74, 6) is 0.434. The number of nitrogens with one attached hydrogen (secondary N) is 1. The average Bonchev–Trinajstić information content (AvgIpc) is 2.76. The van der Waals surface area contributed by atoms with Crippen molar-refractivity contribution in [3.63, 3.8) is 0 Å². The van der Waals surface area contributed by atoms with E-state index in [1.807, 2.05) is 0 Å². The predicted octanol–water partition coefficient (Wildman–Crippen LogP) is 4.29. The zero-order chi connectivity index (χ0) is 14.9. The van der Waals surface area contributed by atoms with Crippen LogP contribution >= 0.6 is 12.2 Å². The SMILES string of the molecule is CC(C)c1cc(F)cc(C(C)C)c1CC1=NNC(=S)C1. The third-order valence-electron chi connectivity index (χ3n) is 3.61. The van der Waals surface area contributed by atoms with E-state index < -0.39 is 0 Å². The Morgan fingerprint density at radius 3 is 2.15 bits per heavy atom. The number of benzene rings is 1. The highest BCUT2D eigenvalue weighted by molar-refractivity contribution is 7.80. The van der Waals surface area contributed by atoms with E-state index in [4.69, 9.17) is 12.2 Å². The molecule has 4 heteroatoms. The van der Waals surface area contributed by atoms with Gasteiger partial charge in [0.2, 0.25) is 0 Å². The molecule has 20 heavy (non-hydrogen) atoms. The van der Waals surface area contributed by atoms with Gasteiger partial charge in [0.05, 0.1) is 0 Å². The molecule has 1 N–H and O–H groups in total. The minimum absolute atomic E-state index is 0.150. The first-order valence-electron chi connectivity index (χ1n) is 7.05. The van der Waals surface area contributed by atoms with E-state index in [2.05, 4.69) is 38.2 Å². The van der Waals surface area contributed by atoms with Crippen molar-refractivity contribution < 1.29 is 4.39 Å². The van der Waals surface area contributed by atoms with Crippen molar-refractivity contribution in [2.24, 2.45) is 5.10 Å². The summed E-state index contributed by atoms with van der Waals surface area (Å²) in [6.07, 6.45) is 1.45. The van der Waals surface area contributed by atoms with Gasteiger partial charge in [-0.05, 0) is 40.7 Å². The zero-order valence-electron chi connectivity index (χ0n) is 12.5. The molecule has 1 aliphatic rings. The highest BCUT2D eigenvalue weighted by Gasteiger charge is 2.20. The summed E-state index contributed by atoms with van der Waals surface area (Å²) in [4.78, 5) is 0.763. The number of halogens is 1. The summed E-state index contributed by atoms with van der Waals surface area (Å²) < 4.78 is 13.8. The van der Waals surface area contributed by atoms with E-state index in [9.17, 15) is 4.39 Å². The first-order chi connectivity index (χ1) is 9.38. The fraction of sp³-hybridized carbons (Fsp3) is 0.500. The number of hydrazone groups is 1. The highest BCUT2D eigenvalue weighted by Crippen LogP contribution is 2.30. The quantitative estimate of drug-likeness (QED) is 0.837. The van der Waals surface area contributed by atoms with Crippen LogP contribution in [-0.4, -0.2) is 10.7 Å². The van der Waals surface area contributed by atoms with E-state index >= 15 is 0 Å². The van der Waals surface area contributed by atoms with Gasteiger partial charge in [-0.3, -0.25) is 5.43 Å². The monoisotopic (exact) mass is 292 g/mol. The average molecular weight is 292 g/mol. The lowest BCUT2D eigenvalue weighted by molar-refractivity contribution is 0.616. The molecule has 0 aliphatic carbocycles. The molecule has 0 unspecified atom stereocenters. The van der Waals surface area contributed by atoms with Crippen molar-refractivity contribution in [1.82, 2.24) is 5.43 Å². The molecule has 1 aromatic carbocycles. The van der Waals surface area contributed by atoms with Gasteiger partial charge in [0.15, 0.2) is 0 Å². The van der Waals surface area contributed by atoms with Gasteiger partial charge in [-0.15, -0.1) is 0 Å². The maximum atomic E-state index is 13.8. The number of rotatable bonds is 4. The maximum Gasteiger partial charge on any atom is 0.123 e. The molecule has 0 saturated heterocycles. The van der Waals surface area contributed by atoms with E-state index in [1.54, 1.807) is 12.1 Å². The van der Waals surface area contributed by atoms with Crippen molar-refractivity contribution >= 4 is 22.9 Å². The van der Waals surface area contributed by atoms with Crippen LogP contribution in [0.1, 0.15) is 62.6 Å². The summed E-state index contributed by atoms with van der Waals surface area (Å²) in [7, 11) is 0. The lowest BCUT2D eigenvalue weighted by atomic mass is 9.85. The molecule has 2 rings (SSSR count). The molecule has 0 atom stereocenters. The molecule has 0 spiro atoms. The molecule has 1 aromatic rings.